The lowest BCUT2D eigenvalue weighted by Gasteiger charge is -2.34. The van der Waals surface area contributed by atoms with Crippen molar-refractivity contribution < 1.29 is 23.5 Å². The fourth-order valence-corrected chi connectivity index (χ4v) is 6.70. The number of ether oxygens (including phenoxy) is 1. The van der Waals surface area contributed by atoms with Crippen molar-refractivity contribution in [1.82, 2.24) is 29.5 Å². The maximum Gasteiger partial charge on any atom is 0.261 e. The molecule has 1 aromatic carbocycles. The van der Waals surface area contributed by atoms with Gasteiger partial charge in [0, 0.05) is 43.8 Å². The van der Waals surface area contributed by atoms with Crippen LogP contribution in [-0.4, -0.2) is 67.9 Å². The number of carbonyl (C=O) groups is 3. The molecule has 0 spiro atoms. The molecule has 2 N–H and O–H groups in total. The Kier molecular flexibility index (Phi) is 5.04. The number of hydrogen-bond acceptors (Lipinski definition) is 6. The first kappa shape index (κ1) is 23.5. The molecule has 0 saturated carbocycles. The molecule has 4 aliphatic rings. The van der Waals surface area contributed by atoms with Crippen LogP contribution >= 0.6 is 0 Å². The van der Waals surface area contributed by atoms with Gasteiger partial charge in [-0.25, -0.2) is 4.98 Å². The largest absolute Gasteiger partial charge is 0.371 e. The number of morpholine rings is 1. The van der Waals surface area contributed by atoms with Gasteiger partial charge in [-0.05, 0) is 36.1 Å². The predicted octanol–water partition coefficient (Wildman–Crippen LogP) is 1.86. The standard InChI is InChI=1S/C29H25FN6O4/c30-22-9-19-18(24-25(28(38)33-27(24)37)21-11-32-23-3-1-2-8-35(21)23)7-4-15-10-31-20(14-36(22)26(15)19)29(39)34-12-16-5-6-17(13-34)40-16/h1-4,7-9,11,16-17,20,31H,5-6,10,12-14H2,(H,33,37,38). The first-order chi connectivity index (χ1) is 19.5. The van der Waals surface area contributed by atoms with E-state index >= 15 is 4.39 Å². The summed E-state index contributed by atoms with van der Waals surface area (Å²) in [6.07, 6.45) is 5.38. The molecule has 0 aliphatic carbocycles. The van der Waals surface area contributed by atoms with Gasteiger partial charge in [0.2, 0.25) is 5.91 Å². The lowest BCUT2D eigenvalue weighted by molar-refractivity contribution is -0.142. The monoisotopic (exact) mass is 540 g/mol. The number of hydrogen-bond donors (Lipinski definition) is 2. The summed E-state index contributed by atoms with van der Waals surface area (Å²) in [5, 5.41) is 6.26. The van der Waals surface area contributed by atoms with E-state index in [2.05, 4.69) is 15.6 Å². The first-order valence-corrected chi connectivity index (χ1v) is 13.5. The third-order valence-electron chi connectivity index (χ3n) is 8.52. The lowest BCUT2D eigenvalue weighted by Crippen LogP contribution is -2.53. The maximum absolute atomic E-state index is 15.6. The summed E-state index contributed by atoms with van der Waals surface area (Å²) < 4.78 is 24.8. The highest BCUT2D eigenvalue weighted by molar-refractivity contribution is 6.49. The molecule has 202 valence electrons. The van der Waals surface area contributed by atoms with Gasteiger partial charge in [0.05, 0.1) is 40.8 Å². The maximum atomic E-state index is 15.6. The summed E-state index contributed by atoms with van der Waals surface area (Å²) in [6, 6.07) is 9.83. The van der Waals surface area contributed by atoms with E-state index in [1.807, 2.05) is 29.2 Å². The second-order valence-corrected chi connectivity index (χ2v) is 10.9. The van der Waals surface area contributed by atoms with Crippen LogP contribution in [0.2, 0.25) is 0 Å². The number of benzene rings is 1. The molecule has 7 heterocycles. The van der Waals surface area contributed by atoms with Crippen LogP contribution in [0.25, 0.3) is 27.7 Å². The lowest BCUT2D eigenvalue weighted by atomic mass is 9.95. The normalized spacial score (nSPS) is 24.3. The number of imidazole rings is 1. The molecule has 3 atom stereocenters. The van der Waals surface area contributed by atoms with Crippen molar-refractivity contribution in [2.45, 2.75) is 44.2 Å². The molecule has 11 heteroatoms. The van der Waals surface area contributed by atoms with Crippen molar-refractivity contribution in [3.05, 3.63) is 71.6 Å². The van der Waals surface area contributed by atoms with E-state index in [1.165, 1.54) is 10.6 Å². The van der Waals surface area contributed by atoms with E-state index in [0.717, 1.165) is 18.4 Å². The van der Waals surface area contributed by atoms with Crippen LogP contribution in [0.5, 0.6) is 0 Å². The second kappa shape index (κ2) is 8.57. The summed E-state index contributed by atoms with van der Waals surface area (Å²) in [7, 11) is 0. The smallest absolute Gasteiger partial charge is 0.261 e. The number of nitrogens with one attached hydrogen (secondary N) is 2. The van der Waals surface area contributed by atoms with Gasteiger partial charge in [0.15, 0.2) is 5.95 Å². The Labute approximate surface area is 227 Å². The van der Waals surface area contributed by atoms with E-state index in [-0.39, 0.29) is 35.8 Å². The average Bonchev–Trinajstić information content (AvgIpc) is 3.65. The van der Waals surface area contributed by atoms with E-state index in [9.17, 15) is 14.4 Å². The quantitative estimate of drug-likeness (QED) is 0.384. The van der Waals surface area contributed by atoms with Crippen LogP contribution in [0.15, 0.2) is 48.8 Å². The summed E-state index contributed by atoms with van der Waals surface area (Å²) in [5.41, 5.74) is 3.34. The van der Waals surface area contributed by atoms with Crippen LogP contribution in [-0.2, 0) is 32.2 Å². The summed E-state index contributed by atoms with van der Waals surface area (Å²) >= 11 is 0. The summed E-state index contributed by atoms with van der Waals surface area (Å²) in [6.45, 7) is 1.58. The fraction of sp³-hybridized carbons (Fsp3) is 0.310. The van der Waals surface area contributed by atoms with Gasteiger partial charge in [-0.3, -0.25) is 24.1 Å². The molecule has 2 fully saturated rings. The minimum absolute atomic E-state index is 0.0622. The van der Waals surface area contributed by atoms with E-state index in [1.54, 1.807) is 22.9 Å². The zero-order chi connectivity index (χ0) is 27.1. The van der Waals surface area contributed by atoms with Crippen molar-refractivity contribution in [2.24, 2.45) is 0 Å². The van der Waals surface area contributed by atoms with Crippen LogP contribution in [0.1, 0.15) is 29.7 Å². The Morgan fingerprint density at radius 2 is 1.82 bits per heavy atom. The summed E-state index contributed by atoms with van der Waals surface area (Å²) in [5.74, 6) is -1.64. The Balaban J connectivity index is 1.23. The topological polar surface area (TPSA) is 110 Å². The molecule has 3 unspecified atom stereocenters. The van der Waals surface area contributed by atoms with Gasteiger partial charge in [-0.2, -0.15) is 4.39 Å². The van der Waals surface area contributed by atoms with Gasteiger partial charge in [0.25, 0.3) is 11.8 Å². The number of imide groups is 1. The van der Waals surface area contributed by atoms with Crippen molar-refractivity contribution in [2.75, 3.05) is 13.1 Å². The molecule has 0 radical (unpaired) electrons. The zero-order valence-corrected chi connectivity index (χ0v) is 21.4. The molecule has 8 rings (SSSR count). The molecule has 2 saturated heterocycles. The van der Waals surface area contributed by atoms with Crippen LogP contribution < -0.4 is 10.6 Å². The molecule has 10 nitrogen and oxygen atoms in total. The number of carbonyl (C=O) groups excluding carboxylic acids is 3. The SMILES string of the molecule is O=C1NC(=O)C(c2cnc3ccccn23)=C1c1ccc2c3c1cc(F)n3CC(C(=O)N1CC3CCC(C1)O3)NC2. The number of amides is 3. The number of nitrogens with zero attached hydrogens (tertiary/aromatic N) is 4. The first-order valence-electron chi connectivity index (χ1n) is 13.5. The van der Waals surface area contributed by atoms with Gasteiger partial charge in [-0.15, -0.1) is 0 Å². The highest BCUT2D eigenvalue weighted by Gasteiger charge is 2.39. The van der Waals surface area contributed by atoms with Crippen LogP contribution in [0, 0.1) is 5.95 Å². The minimum Gasteiger partial charge on any atom is -0.371 e. The fourth-order valence-electron chi connectivity index (χ4n) is 6.70. The van der Waals surface area contributed by atoms with Crippen molar-refractivity contribution in [3.63, 3.8) is 0 Å². The number of fused-ring (bicyclic) bond motifs is 3. The highest BCUT2D eigenvalue weighted by Crippen LogP contribution is 2.38. The predicted molar refractivity (Wildman–Crippen MR) is 142 cm³/mol. The van der Waals surface area contributed by atoms with Crippen molar-refractivity contribution in [1.29, 1.82) is 0 Å². The highest BCUT2D eigenvalue weighted by atomic mass is 19.1. The van der Waals surface area contributed by atoms with Crippen molar-refractivity contribution in [3.8, 4) is 0 Å². The Morgan fingerprint density at radius 1 is 1.02 bits per heavy atom. The van der Waals surface area contributed by atoms with Crippen LogP contribution in [0.4, 0.5) is 4.39 Å². The number of aromatic nitrogens is 3. The molecule has 40 heavy (non-hydrogen) atoms. The molecule has 3 amide bonds. The molecular formula is C29H25FN6O4. The van der Waals surface area contributed by atoms with Gasteiger partial charge >= 0.3 is 0 Å². The van der Waals surface area contributed by atoms with E-state index < -0.39 is 23.8 Å². The third kappa shape index (κ3) is 3.40. The summed E-state index contributed by atoms with van der Waals surface area (Å²) in [4.78, 5) is 46.0. The Morgan fingerprint density at radius 3 is 2.65 bits per heavy atom. The van der Waals surface area contributed by atoms with Gasteiger partial charge < -0.3 is 19.5 Å². The second-order valence-electron chi connectivity index (χ2n) is 10.9. The van der Waals surface area contributed by atoms with Crippen molar-refractivity contribution >= 4 is 45.4 Å². The minimum atomic E-state index is -0.609. The Hall–Kier alpha value is -4.35. The average molecular weight is 541 g/mol. The number of pyridine rings is 1. The van der Waals surface area contributed by atoms with Crippen LogP contribution in [0.3, 0.4) is 0 Å². The molecular weight excluding hydrogens is 515 g/mol. The number of likely N-dealkylation sites (tertiary alicyclic amines) is 1. The Bertz CT molecular complexity index is 1790. The molecule has 4 aromatic rings. The number of halogens is 1. The van der Waals surface area contributed by atoms with Gasteiger partial charge in [-0.1, -0.05) is 18.2 Å². The molecule has 3 aromatic heterocycles. The molecule has 2 bridgehead atoms. The number of rotatable bonds is 3. The zero-order valence-electron chi connectivity index (χ0n) is 21.4. The third-order valence-corrected chi connectivity index (χ3v) is 8.52. The molecule has 4 aliphatic heterocycles. The van der Waals surface area contributed by atoms with E-state index in [4.69, 9.17) is 4.74 Å². The van der Waals surface area contributed by atoms with Gasteiger partial charge in [0.1, 0.15) is 11.7 Å². The van der Waals surface area contributed by atoms with E-state index in [0.29, 0.717) is 47.4 Å².